The number of hydrogen-bond acceptors (Lipinski definition) is 3. The van der Waals surface area contributed by atoms with Crippen LogP contribution in [0.2, 0.25) is 0 Å². The maximum atomic E-state index is 4.55. The highest BCUT2D eigenvalue weighted by Gasteiger charge is 2.15. The monoisotopic (exact) mass is 275 g/mol. The van der Waals surface area contributed by atoms with Crippen LogP contribution in [-0.4, -0.2) is 23.1 Å². The fourth-order valence-corrected chi connectivity index (χ4v) is 3.58. The van der Waals surface area contributed by atoms with Gasteiger partial charge in [0, 0.05) is 11.3 Å². The molecule has 1 fully saturated rings. The number of hydrogen-bond donors (Lipinski definition) is 2. The zero-order valence-corrected chi connectivity index (χ0v) is 12.2. The van der Waals surface area contributed by atoms with Gasteiger partial charge in [0.25, 0.3) is 0 Å². The van der Waals surface area contributed by atoms with Crippen molar-refractivity contribution in [3.63, 3.8) is 0 Å². The summed E-state index contributed by atoms with van der Waals surface area (Å²) in [5.74, 6) is 1.93. The first-order valence-corrected chi connectivity index (χ1v) is 8.00. The van der Waals surface area contributed by atoms with Crippen LogP contribution in [-0.2, 0) is 12.8 Å². The molecule has 0 saturated carbocycles. The predicted molar refractivity (Wildman–Crippen MR) is 80.6 cm³/mol. The van der Waals surface area contributed by atoms with Gasteiger partial charge in [0.15, 0.2) is 0 Å². The van der Waals surface area contributed by atoms with Crippen molar-refractivity contribution in [3.05, 3.63) is 29.0 Å². The summed E-state index contributed by atoms with van der Waals surface area (Å²) in [5, 5.41) is 3.41. The van der Waals surface area contributed by atoms with Gasteiger partial charge in [0.2, 0.25) is 0 Å². The summed E-state index contributed by atoms with van der Waals surface area (Å²) in [6.07, 6.45) is 6.74. The fourth-order valence-electron chi connectivity index (χ4n) is 2.66. The first-order valence-electron chi connectivity index (χ1n) is 7.19. The highest BCUT2D eigenvalue weighted by molar-refractivity contribution is 7.15. The minimum atomic E-state index is 0.787. The van der Waals surface area contributed by atoms with Crippen molar-refractivity contribution in [2.75, 3.05) is 13.1 Å². The summed E-state index contributed by atoms with van der Waals surface area (Å²) in [6, 6.07) is 4.42. The molecule has 3 rings (SSSR count). The quantitative estimate of drug-likeness (QED) is 0.899. The molecule has 0 bridgehead atoms. The second kappa shape index (κ2) is 5.88. The molecule has 3 nitrogen and oxygen atoms in total. The molecular formula is C15H21N3S. The topological polar surface area (TPSA) is 40.7 Å². The number of rotatable bonds is 4. The summed E-state index contributed by atoms with van der Waals surface area (Å²) in [6.45, 7) is 4.51. The van der Waals surface area contributed by atoms with Crippen LogP contribution in [0.25, 0.3) is 10.6 Å². The lowest BCUT2D eigenvalue weighted by Gasteiger charge is -2.21. The van der Waals surface area contributed by atoms with E-state index in [1.807, 2.05) is 17.5 Å². The third kappa shape index (κ3) is 3.07. The molecule has 1 aliphatic heterocycles. The van der Waals surface area contributed by atoms with Crippen LogP contribution in [0.1, 0.15) is 30.5 Å². The maximum Gasteiger partial charge on any atom is 0.106 e. The average Bonchev–Trinajstić information content (AvgIpc) is 3.08. The van der Waals surface area contributed by atoms with Gasteiger partial charge in [-0.3, -0.25) is 0 Å². The molecule has 1 aliphatic rings. The van der Waals surface area contributed by atoms with E-state index in [1.54, 1.807) is 0 Å². The molecule has 1 saturated heterocycles. The van der Waals surface area contributed by atoms with E-state index in [4.69, 9.17) is 0 Å². The van der Waals surface area contributed by atoms with Gasteiger partial charge in [0.05, 0.1) is 16.8 Å². The Morgan fingerprint density at radius 2 is 2.16 bits per heavy atom. The Kier molecular flexibility index (Phi) is 3.99. The number of thiophene rings is 1. The van der Waals surface area contributed by atoms with Crippen molar-refractivity contribution in [2.24, 2.45) is 5.92 Å². The number of imidazole rings is 1. The third-order valence-electron chi connectivity index (χ3n) is 3.84. The molecule has 0 spiro atoms. The van der Waals surface area contributed by atoms with E-state index >= 15 is 0 Å². The fraction of sp³-hybridized carbons (Fsp3) is 0.533. The zero-order valence-electron chi connectivity index (χ0n) is 11.4. The largest absolute Gasteiger partial charge is 0.341 e. The smallest absolute Gasteiger partial charge is 0.106 e. The molecule has 3 heterocycles. The summed E-state index contributed by atoms with van der Waals surface area (Å²) in [5.41, 5.74) is 1.17. The van der Waals surface area contributed by atoms with Crippen LogP contribution in [0.3, 0.4) is 0 Å². The lowest BCUT2D eigenvalue weighted by atomic mass is 9.94. The number of nitrogens with one attached hydrogen (secondary N) is 2. The van der Waals surface area contributed by atoms with Crippen LogP contribution in [0.5, 0.6) is 0 Å². The Morgan fingerprint density at radius 3 is 2.89 bits per heavy atom. The van der Waals surface area contributed by atoms with Crippen molar-refractivity contribution >= 4 is 11.3 Å². The van der Waals surface area contributed by atoms with Gasteiger partial charge in [-0.15, -0.1) is 11.3 Å². The molecule has 2 aromatic heterocycles. The lowest BCUT2D eigenvalue weighted by molar-refractivity contribution is 0.368. The SMILES string of the molecule is CCc1ccc(-c2cnc(CC3CCNCC3)[nH]2)s1. The van der Waals surface area contributed by atoms with E-state index < -0.39 is 0 Å². The minimum absolute atomic E-state index is 0.787. The Labute approximate surface area is 118 Å². The van der Waals surface area contributed by atoms with Crippen LogP contribution in [0, 0.1) is 5.92 Å². The second-order valence-electron chi connectivity index (χ2n) is 5.26. The third-order valence-corrected chi connectivity index (χ3v) is 5.11. The highest BCUT2D eigenvalue weighted by Crippen LogP contribution is 2.27. The Bertz CT molecular complexity index is 523. The number of aryl methyl sites for hydroxylation is 1. The van der Waals surface area contributed by atoms with E-state index in [-0.39, 0.29) is 0 Å². The molecule has 0 aromatic carbocycles. The molecule has 0 amide bonds. The maximum absolute atomic E-state index is 4.55. The van der Waals surface area contributed by atoms with Crippen molar-refractivity contribution < 1.29 is 0 Å². The van der Waals surface area contributed by atoms with Gasteiger partial charge in [-0.2, -0.15) is 0 Å². The molecule has 2 N–H and O–H groups in total. The highest BCUT2D eigenvalue weighted by atomic mass is 32.1. The Morgan fingerprint density at radius 1 is 1.32 bits per heavy atom. The van der Waals surface area contributed by atoms with Gasteiger partial charge in [-0.1, -0.05) is 6.92 Å². The first kappa shape index (κ1) is 12.9. The molecule has 0 unspecified atom stereocenters. The van der Waals surface area contributed by atoms with Gasteiger partial charge >= 0.3 is 0 Å². The standard InChI is InChI=1S/C15H21N3S/c1-2-12-3-4-14(19-12)13-10-17-15(18-13)9-11-5-7-16-8-6-11/h3-4,10-11,16H,2,5-9H2,1H3,(H,17,18). The Balaban J connectivity index is 1.68. The van der Waals surface area contributed by atoms with Crippen LogP contribution >= 0.6 is 11.3 Å². The number of nitrogens with zero attached hydrogens (tertiary/aromatic N) is 1. The molecule has 2 aromatic rings. The first-order chi connectivity index (χ1) is 9.35. The minimum Gasteiger partial charge on any atom is -0.341 e. The van der Waals surface area contributed by atoms with Gasteiger partial charge in [0.1, 0.15) is 5.82 Å². The number of aromatic nitrogens is 2. The van der Waals surface area contributed by atoms with Gasteiger partial charge in [-0.05, 0) is 50.4 Å². The van der Waals surface area contributed by atoms with Crippen molar-refractivity contribution in [1.29, 1.82) is 0 Å². The number of H-pyrrole nitrogens is 1. The Hall–Kier alpha value is -1.13. The number of aromatic amines is 1. The number of piperidine rings is 1. The molecule has 0 radical (unpaired) electrons. The van der Waals surface area contributed by atoms with Gasteiger partial charge in [-0.25, -0.2) is 4.98 Å². The predicted octanol–water partition coefficient (Wildman–Crippen LogP) is 3.24. The van der Waals surface area contributed by atoms with E-state index in [9.17, 15) is 0 Å². The van der Waals surface area contributed by atoms with Crippen molar-refractivity contribution in [2.45, 2.75) is 32.6 Å². The van der Waals surface area contributed by atoms with E-state index in [1.165, 1.54) is 28.3 Å². The molecular weight excluding hydrogens is 254 g/mol. The summed E-state index contributed by atoms with van der Waals surface area (Å²) in [4.78, 5) is 10.8. The summed E-state index contributed by atoms with van der Waals surface area (Å²) in [7, 11) is 0. The molecule has 0 atom stereocenters. The van der Waals surface area contributed by atoms with E-state index in [0.29, 0.717) is 0 Å². The van der Waals surface area contributed by atoms with Crippen LogP contribution < -0.4 is 5.32 Å². The average molecular weight is 275 g/mol. The molecule has 0 aliphatic carbocycles. The van der Waals surface area contributed by atoms with Crippen molar-refractivity contribution in [1.82, 2.24) is 15.3 Å². The van der Waals surface area contributed by atoms with Crippen LogP contribution in [0.4, 0.5) is 0 Å². The van der Waals surface area contributed by atoms with E-state index in [2.05, 4.69) is 34.3 Å². The summed E-state index contributed by atoms with van der Waals surface area (Å²) >= 11 is 1.86. The molecule has 4 heteroatoms. The van der Waals surface area contributed by atoms with Crippen molar-refractivity contribution in [3.8, 4) is 10.6 Å². The molecule has 19 heavy (non-hydrogen) atoms. The second-order valence-corrected chi connectivity index (χ2v) is 6.43. The lowest BCUT2D eigenvalue weighted by Crippen LogP contribution is -2.28. The summed E-state index contributed by atoms with van der Waals surface area (Å²) < 4.78 is 0. The van der Waals surface area contributed by atoms with Crippen LogP contribution in [0.15, 0.2) is 18.3 Å². The van der Waals surface area contributed by atoms with E-state index in [0.717, 1.165) is 37.7 Å². The normalized spacial score (nSPS) is 16.9. The zero-order chi connectivity index (χ0) is 13.1. The van der Waals surface area contributed by atoms with Gasteiger partial charge < -0.3 is 10.3 Å². The molecule has 102 valence electrons.